The van der Waals surface area contributed by atoms with E-state index in [1.807, 2.05) is 32.9 Å². The Labute approximate surface area is 126 Å². The highest BCUT2D eigenvalue weighted by molar-refractivity contribution is 5.83. The van der Waals surface area contributed by atoms with Gasteiger partial charge in [-0.3, -0.25) is 4.79 Å². The normalized spacial score (nSPS) is 21.6. The summed E-state index contributed by atoms with van der Waals surface area (Å²) in [6.07, 6.45) is 3.20. The zero-order valence-corrected chi connectivity index (χ0v) is 13.7. The number of alkyl carbamates (subject to hydrolysis) is 1. The average Bonchev–Trinajstić information content (AvgIpc) is 2.60. The Morgan fingerprint density at radius 2 is 2.05 bits per heavy atom. The van der Waals surface area contributed by atoms with Crippen LogP contribution in [0.3, 0.4) is 0 Å². The van der Waals surface area contributed by atoms with E-state index in [1.54, 1.807) is 25.7 Å². The molecule has 21 heavy (non-hydrogen) atoms. The third kappa shape index (κ3) is 5.04. The van der Waals surface area contributed by atoms with Gasteiger partial charge in [0.1, 0.15) is 17.9 Å². The van der Waals surface area contributed by atoms with Crippen LogP contribution in [0, 0.1) is 0 Å². The fourth-order valence-electron chi connectivity index (χ4n) is 2.23. The quantitative estimate of drug-likeness (QED) is 0.810. The summed E-state index contributed by atoms with van der Waals surface area (Å²) in [5.41, 5.74) is -1.27. The van der Waals surface area contributed by atoms with E-state index in [0.29, 0.717) is 6.61 Å². The molecule has 6 nitrogen and oxygen atoms in total. The maximum Gasteiger partial charge on any atom is 0.408 e. The summed E-state index contributed by atoms with van der Waals surface area (Å²) in [5, 5.41) is 2.48. The van der Waals surface area contributed by atoms with Crippen molar-refractivity contribution in [2.75, 3.05) is 13.2 Å². The number of nitrogens with zero attached hydrogens (tertiary/aromatic N) is 1. The number of nitrogens with one attached hydrogen (secondary N) is 1. The van der Waals surface area contributed by atoms with Gasteiger partial charge < -0.3 is 19.7 Å². The van der Waals surface area contributed by atoms with Gasteiger partial charge in [-0.25, -0.2) is 4.79 Å². The molecule has 6 heteroatoms. The van der Waals surface area contributed by atoms with Gasteiger partial charge >= 0.3 is 6.09 Å². The van der Waals surface area contributed by atoms with Gasteiger partial charge in [-0.2, -0.15) is 0 Å². The third-order valence-corrected chi connectivity index (χ3v) is 2.99. The van der Waals surface area contributed by atoms with E-state index >= 15 is 0 Å². The first kappa shape index (κ1) is 17.5. The number of hydrogen-bond donors (Lipinski definition) is 1. The van der Waals surface area contributed by atoms with Crippen LogP contribution >= 0.6 is 0 Å². The van der Waals surface area contributed by atoms with Gasteiger partial charge in [-0.15, -0.1) is 0 Å². The van der Waals surface area contributed by atoms with Crippen LogP contribution in [0.1, 0.15) is 41.5 Å². The molecule has 1 fully saturated rings. The maximum atomic E-state index is 12.4. The molecule has 1 heterocycles. The number of rotatable bonds is 3. The van der Waals surface area contributed by atoms with Gasteiger partial charge in [-0.05, 0) is 41.5 Å². The van der Waals surface area contributed by atoms with Crippen LogP contribution in [-0.2, 0) is 14.3 Å². The lowest BCUT2D eigenvalue weighted by Gasteiger charge is -2.33. The number of carbonyl (C=O) groups excluding carboxylic acids is 2. The summed E-state index contributed by atoms with van der Waals surface area (Å²) >= 11 is 0. The summed E-state index contributed by atoms with van der Waals surface area (Å²) in [6.45, 7) is 11.2. The molecule has 1 rings (SSSR count). The lowest BCUT2D eigenvalue weighted by atomic mass is 10.2. The van der Waals surface area contributed by atoms with Crippen molar-refractivity contribution in [2.24, 2.45) is 0 Å². The monoisotopic (exact) mass is 298 g/mol. The topological polar surface area (TPSA) is 67.9 Å². The molecule has 0 radical (unpaired) electrons. The third-order valence-electron chi connectivity index (χ3n) is 2.99. The molecule has 1 aliphatic heterocycles. The van der Waals surface area contributed by atoms with Crippen molar-refractivity contribution in [1.82, 2.24) is 10.2 Å². The van der Waals surface area contributed by atoms with Crippen LogP contribution in [0.2, 0.25) is 0 Å². The second-order valence-corrected chi connectivity index (χ2v) is 6.47. The van der Waals surface area contributed by atoms with E-state index in [1.165, 1.54) is 0 Å². The number of allylic oxidation sites excluding steroid dienone is 1. The first-order valence-electron chi connectivity index (χ1n) is 7.12. The van der Waals surface area contributed by atoms with Crippen molar-refractivity contribution in [3.63, 3.8) is 0 Å². The summed E-state index contributed by atoms with van der Waals surface area (Å²) in [7, 11) is 0. The van der Waals surface area contributed by atoms with Gasteiger partial charge in [0, 0.05) is 0 Å². The van der Waals surface area contributed by atoms with Crippen molar-refractivity contribution in [1.29, 1.82) is 0 Å². The fraction of sp³-hybridized carbons (Fsp3) is 0.733. The van der Waals surface area contributed by atoms with Gasteiger partial charge in [0.25, 0.3) is 0 Å². The molecule has 0 saturated carbocycles. The van der Waals surface area contributed by atoms with Gasteiger partial charge in [0.15, 0.2) is 0 Å². The molecule has 0 aromatic rings. The summed E-state index contributed by atoms with van der Waals surface area (Å²) in [4.78, 5) is 25.6. The number of hydrogen-bond acceptors (Lipinski definition) is 4. The Bertz CT molecular complexity index is 424. The average molecular weight is 298 g/mol. The summed E-state index contributed by atoms with van der Waals surface area (Å²) in [6, 6.07) is -0.113. The van der Waals surface area contributed by atoms with Crippen LogP contribution in [-0.4, -0.2) is 47.4 Å². The molecule has 0 spiro atoms. The Kier molecular flexibility index (Phi) is 5.39. The molecule has 1 aliphatic rings. The molecule has 0 aromatic heterocycles. The SMILES string of the molecule is CC=C[C@H]1COC(C)(C)N1C(=O)CNC(=O)OC(C)(C)C. The van der Waals surface area contributed by atoms with Gasteiger partial charge in [0.2, 0.25) is 5.91 Å². The van der Waals surface area contributed by atoms with Crippen molar-refractivity contribution in [3.8, 4) is 0 Å². The van der Waals surface area contributed by atoms with Gasteiger partial charge in [0.05, 0.1) is 12.6 Å². The first-order valence-corrected chi connectivity index (χ1v) is 7.12. The van der Waals surface area contributed by atoms with Gasteiger partial charge in [-0.1, -0.05) is 12.2 Å². The van der Waals surface area contributed by atoms with Crippen LogP contribution in [0.25, 0.3) is 0 Å². The van der Waals surface area contributed by atoms with E-state index in [9.17, 15) is 9.59 Å². The molecule has 0 aliphatic carbocycles. The Morgan fingerprint density at radius 3 is 2.57 bits per heavy atom. The first-order chi connectivity index (χ1) is 9.57. The number of ether oxygens (including phenoxy) is 2. The Hall–Kier alpha value is -1.56. The Balaban J connectivity index is 2.63. The minimum atomic E-state index is -0.684. The largest absolute Gasteiger partial charge is 0.444 e. The van der Waals surface area contributed by atoms with Crippen LogP contribution in [0.4, 0.5) is 4.79 Å². The summed E-state index contributed by atoms with van der Waals surface area (Å²) < 4.78 is 10.7. The lowest BCUT2D eigenvalue weighted by molar-refractivity contribution is -0.144. The van der Waals surface area contributed by atoms with E-state index in [4.69, 9.17) is 9.47 Å². The molecule has 0 unspecified atom stereocenters. The zero-order chi connectivity index (χ0) is 16.3. The van der Waals surface area contributed by atoms with Crippen molar-refractivity contribution in [2.45, 2.75) is 58.9 Å². The molecule has 1 saturated heterocycles. The van der Waals surface area contributed by atoms with Crippen LogP contribution < -0.4 is 5.32 Å². The highest BCUT2D eigenvalue weighted by Crippen LogP contribution is 2.27. The van der Waals surface area contributed by atoms with Crippen LogP contribution in [0.15, 0.2) is 12.2 Å². The minimum Gasteiger partial charge on any atom is -0.444 e. The predicted molar refractivity (Wildman–Crippen MR) is 79.7 cm³/mol. The molecule has 2 amide bonds. The Morgan fingerprint density at radius 1 is 1.43 bits per heavy atom. The van der Waals surface area contributed by atoms with Crippen molar-refractivity contribution < 1.29 is 19.1 Å². The summed E-state index contributed by atoms with van der Waals surface area (Å²) in [5.74, 6) is -0.202. The van der Waals surface area contributed by atoms with E-state index in [-0.39, 0.29) is 18.5 Å². The minimum absolute atomic E-state index is 0.113. The second-order valence-electron chi connectivity index (χ2n) is 6.47. The second kappa shape index (κ2) is 6.47. The molecule has 1 N–H and O–H groups in total. The van der Waals surface area contributed by atoms with Crippen molar-refractivity contribution >= 4 is 12.0 Å². The zero-order valence-electron chi connectivity index (χ0n) is 13.7. The highest BCUT2D eigenvalue weighted by Gasteiger charge is 2.42. The predicted octanol–water partition coefficient (Wildman–Crippen LogP) is 2.05. The molecule has 0 aromatic carbocycles. The fourth-order valence-corrected chi connectivity index (χ4v) is 2.23. The van der Waals surface area contributed by atoms with E-state index in [0.717, 1.165) is 0 Å². The number of amides is 2. The number of carbonyl (C=O) groups is 2. The highest BCUT2D eigenvalue weighted by atomic mass is 16.6. The molecular weight excluding hydrogens is 272 g/mol. The standard InChI is InChI=1S/C15H26N2O4/c1-7-8-11-10-20-15(5,6)17(11)12(18)9-16-13(19)21-14(2,3)4/h7-8,11H,9-10H2,1-6H3,(H,16,19)/t11-/m0/s1. The molecule has 0 bridgehead atoms. The van der Waals surface area contributed by atoms with E-state index in [2.05, 4.69) is 5.32 Å². The van der Waals surface area contributed by atoms with Crippen LogP contribution in [0.5, 0.6) is 0 Å². The molecule has 120 valence electrons. The maximum absolute atomic E-state index is 12.4. The molecule has 1 atom stereocenters. The lowest BCUT2D eigenvalue weighted by Crippen LogP contribution is -2.51. The molecular formula is C15H26N2O4. The van der Waals surface area contributed by atoms with E-state index < -0.39 is 17.4 Å². The smallest absolute Gasteiger partial charge is 0.408 e. The van der Waals surface area contributed by atoms with Crippen molar-refractivity contribution in [3.05, 3.63) is 12.2 Å².